The second-order valence-corrected chi connectivity index (χ2v) is 5.79. The molecule has 0 fully saturated rings. The van der Waals surface area contributed by atoms with Crippen LogP contribution >= 0.6 is 11.6 Å². The van der Waals surface area contributed by atoms with Crippen LogP contribution in [0.25, 0.3) is 0 Å². The molecular weight excluding hydrogens is 327 g/mol. The summed E-state index contributed by atoms with van der Waals surface area (Å²) in [5.74, 6) is 1.10. The molecular formula is C18H16ClFN4. The SMILES string of the molecule is Cc1ccc(Cl)cc1Nc1cc(NCc2ccc(F)cc2)ncn1. The monoisotopic (exact) mass is 342 g/mol. The van der Waals surface area contributed by atoms with Crippen LogP contribution < -0.4 is 10.6 Å². The molecule has 0 aliphatic heterocycles. The van der Waals surface area contributed by atoms with E-state index in [1.54, 1.807) is 12.1 Å². The third-order valence-electron chi connectivity index (χ3n) is 3.52. The van der Waals surface area contributed by atoms with Gasteiger partial charge in [0.25, 0.3) is 0 Å². The highest BCUT2D eigenvalue weighted by atomic mass is 35.5. The lowest BCUT2D eigenvalue weighted by Crippen LogP contribution is -2.03. The van der Waals surface area contributed by atoms with Gasteiger partial charge in [0.05, 0.1) is 0 Å². The molecule has 0 saturated heterocycles. The van der Waals surface area contributed by atoms with E-state index in [2.05, 4.69) is 20.6 Å². The molecule has 0 radical (unpaired) electrons. The van der Waals surface area contributed by atoms with Crippen LogP contribution in [0.3, 0.4) is 0 Å². The van der Waals surface area contributed by atoms with Crippen molar-refractivity contribution in [1.29, 1.82) is 0 Å². The lowest BCUT2D eigenvalue weighted by Gasteiger charge is -2.11. The summed E-state index contributed by atoms with van der Waals surface area (Å²) in [6.07, 6.45) is 1.48. The number of aromatic nitrogens is 2. The van der Waals surface area contributed by atoms with Crippen molar-refractivity contribution >= 4 is 28.9 Å². The second-order valence-electron chi connectivity index (χ2n) is 5.35. The third-order valence-corrected chi connectivity index (χ3v) is 3.75. The fourth-order valence-corrected chi connectivity index (χ4v) is 2.36. The Kier molecular flexibility index (Phi) is 4.91. The van der Waals surface area contributed by atoms with Crippen LogP contribution in [-0.4, -0.2) is 9.97 Å². The van der Waals surface area contributed by atoms with E-state index in [0.717, 1.165) is 16.8 Å². The first kappa shape index (κ1) is 16.2. The Bertz CT molecular complexity index is 837. The van der Waals surface area contributed by atoms with Gasteiger partial charge < -0.3 is 10.6 Å². The standard InChI is InChI=1S/C18H16ClFN4/c1-12-2-5-14(19)8-16(12)24-18-9-17(22-11-23-18)21-10-13-3-6-15(20)7-4-13/h2-9,11H,10H2,1H3,(H2,21,22,23,24). The summed E-state index contributed by atoms with van der Waals surface area (Å²) in [6, 6.07) is 13.8. The molecule has 122 valence electrons. The van der Waals surface area contributed by atoms with Gasteiger partial charge >= 0.3 is 0 Å². The fraction of sp³-hybridized carbons (Fsp3) is 0.111. The van der Waals surface area contributed by atoms with Gasteiger partial charge in [0.1, 0.15) is 23.8 Å². The Morgan fingerprint density at radius 3 is 2.54 bits per heavy atom. The van der Waals surface area contributed by atoms with E-state index < -0.39 is 0 Å². The molecule has 24 heavy (non-hydrogen) atoms. The summed E-state index contributed by atoms with van der Waals surface area (Å²) in [7, 11) is 0. The van der Waals surface area contributed by atoms with Gasteiger partial charge in [-0.3, -0.25) is 0 Å². The number of benzene rings is 2. The van der Waals surface area contributed by atoms with Crippen LogP contribution in [0.5, 0.6) is 0 Å². The molecule has 1 aromatic heterocycles. The summed E-state index contributed by atoms with van der Waals surface area (Å²) in [5, 5.41) is 7.09. The second kappa shape index (κ2) is 7.27. The zero-order valence-electron chi connectivity index (χ0n) is 13.1. The van der Waals surface area contributed by atoms with Crippen molar-refractivity contribution in [2.45, 2.75) is 13.5 Å². The van der Waals surface area contributed by atoms with Crippen molar-refractivity contribution in [2.24, 2.45) is 0 Å². The minimum Gasteiger partial charge on any atom is -0.366 e. The Hall–Kier alpha value is -2.66. The highest BCUT2D eigenvalue weighted by Crippen LogP contribution is 2.24. The van der Waals surface area contributed by atoms with Crippen LogP contribution in [0.1, 0.15) is 11.1 Å². The molecule has 0 spiro atoms. The largest absolute Gasteiger partial charge is 0.366 e. The van der Waals surface area contributed by atoms with E-state index in [9.17, 15) is 4.39 Å². The van der Waals surface area contributed by atoms with E-state index in [1.165, 1.54) is 18.5 Å². The summed E-state index contributed by atoms with van der Waals surface area (Å²) in [4.78, 5) is 8.41. The molecule has 0 bridgehead atoms. The van der Waals surface area contributed by atoms with Crippen molar-refractivity contribution < 1.29 is 4.39 Å². The van der Waals surface area contributed by atoms with E-state index in [1.807, 2.05) is 31.2 Å². The normalized spacial score (nSPS) is 10.5. The summed E-state index contributed by atoms with van der Waals surface area (Å²) >= 11 is 6.03. The minimum atomic E-state index is -0.246. The van der Waals surface area contributed by atoms with Gasteiger partial charge in [0.15, 0.2) is 0 Å². The van der Waals surface area contributed by atoms with Crippen molar-refractivity contribution in [3.05, 3.63) is 76.8 Å². The van der Waals surface area contributed by atoms with E-state index in [4.69, 9.17) is 11.6 Å². The van der Waals surface area contributed by atoms with Gasteiger partial charge in [-0.2, -0.15) is 0 Å². The maximum Gasteiger partial charge on any atom is 0.135 e. The molecule has 2 N–H and O–H groups in total. The molecule has 3 rings (SSSR count). The molecule has 0 unspecified atom stereocenters. The van der Waals surface area contributed by atoms with Crippen molar-refractivity contribution in [2.75, 3.05) is 10.6 Å². The molecule has 0 saturated carbocycles. The van der Waals surface area contributed by atoms with Crippen LogP contribution in [0, 0.1) is 12.7 Å². The van der Waals surface area contributed by atoms with Gasteiger partial charge in [0.2, 0.25) is 0 Å². The number of nitrogens with one attached hydrogen (secondary N) is 2. The minimum absolute atomic E-state index is 0.246. The average molecular weight is 343 g/mol. The Labute approximate surface area is 144 Å². The number of aryl methyl sites for hydroxylation is 1. The molecule has 6 heteroatoms. The predicted molar refractivity (Wildman–Crippen MR) is 95.2 cm³/mol. The van der Waals surface area contributed by atoms with Crippen molar-refractivity contribution in [3.63, 3.8) is 0 Å². The van der Waals surface area contributed by atoms with Gasteiger partial charge in [0, 0.05) is 23.3 Å². The quantitative estimate of drug-likeness (QED) is 0.690. The van der Waals surface area contributed by atoms with Crippen LogP contribution in [0.15, 0.2) is 54.9 Å². The maximum atomic E-state index is 12.9. The Balaban J connectivity index is 1.69. The van der Waals surface area contributed by atoms with Gasteiger partial charge in [-0.25, -0.2) is 14.4 Å². The van der Waals surface area contributed by atoms with Crippen molar-refractivity contribution in [1.82, 2.24) is 9.97 Å². The Morgan fingerprint density at radius 1 is 1.00 bits per heavy atom. The van der Waals surface area contributed by atoms with Gasteiger partial charge in [-0.15, -0.1) is 0 Å². The van der Waals surface area contributed by atoms with Crippen LogP contribution in [0.4, 0.5) is 21.7 Å². The summed E-state index contributed by atoms with van der Waals surface area (Å²) < 4.78 is 12.9. The first-order chi connectivity index (χ1) is 11.6. The molecule has 0 amide bonds. The van der Waals surface area contributed by atoms with Crippen LogP contribution in [-0.2, 0) is 6.54 Å². The fourth-order valence-electron chi connectivity index (χ4n) is 2.18. The van der Waals surface area contributed by atoms with E-state index in [0.29, 0.717) is 23.2 Å². The number of rotatable bonds is 5. The highest BCUT2D eigenvalue weighted by Gasteiger charge is 2.03. The lowest BCUT2D eigenvalue weighted by atomic mass is 10.2. The number of hydrogen-bond acceptors (Lipinski definition) is 4. The molecule has 0 atom stereocenters. The molecule has 1 heterocycles. The molecule has 2 aromatic carbocycles. The molecule has 4 nitrogen and oxygen atoms in total. The molecule has 0 aliphatic carbocycles. The van der Waals surface area contributed by atoms with Crippen LogP contribution in [0.2, 0.25) is 5.02 Å². The zero-order chi connectivity index (χ0) is 16.9. The smallest absolute Gasteiger partial charge is 0.135 e. The third kappa shape index (κ3) is 4.20. The van der Waals surface area contributed by atoms with E-state index in [-0.39, 0.29) is 5.82 Å². The Morgan fingerprint density at radius 2 is 1.75 bits per heavy atom. The van der Waals surface area contributed by atoms with Gasteiger partial charge in [-0.05, 0) is 42.3 Å². The number of anilines is 3. The number of hydrogen-bond donors (Lipinski definition) is 2. The molecule has 0 aliphatic rings. The highest BCUT2D eigenvalue weighted by molar-refractivity contribution is 6.30. The number of halogens is 2. The lowest BCUT2D eigenvalue weighted by molar-refractivity contribution is 0.627. The first-order valence-electron chi connectivity index (χ1n) is 7.44. The average Bonchev–Trinajstić information content (AvgIpc) is 2.58. The number of nitrogens with zero attached hydrogens (tertiary/aromatic N) is 2. The van der Waals surface area contributed by atoms with Crippen molar-refractivity contribution in [3.8, 4) is 0 Å². The molecule has 3 aromatic rings. The maximum absolute atomic E-state index is 12.9. The summed E-state index contributed by atoms with van der Waals surface area (Å²) in [6.45, 7) is 2.54. The first-order valence-corrected chi connectivity index (χ1v) is 7.81. The van der Waals surface area contributed by atoms with E-state index >= 15 is 0 Å². The zero-order valence-corrected chi connectivity index (χ0v) is 13.8. The topological polar surface area (TPSA) is 49.8 Å². The van der Waals surface area contributed by atoms with Gasteiger partial charge in [-0.1, -0.05) is 29.8 Å². The predicted octanol–water partition coefficient (Wildman–Crippen LogP) is 4.93. The summed E-state index contributed by atoms with van der Waals surface area (Å²) in [5.41, 5.74) is 2.93.